The summed E-state index contributed by atoms with van der Waals surface area (Å²) in [7, 11) is 0. The standard InChI is InChI=1S/C13H26N2O/c1-5-6-7-8-11(4)15-9-14-12(10(2)3)13(15)16/h10-12,14H,5-9H2,1-4H3. The van der Waals surface area contributed by atoms with Crippen molar-refractivity contribution in [1.82, 2.24) is 10.2 Å². The molecular weight excluding hydrogens is 200 g/mol. The fourth-order valence-corrected chi connectivity index (χ4v) is 2.28. The lowest BCUT2D eigenvalue weighted by Gasteiger charge is -2.24. The largest absolute Gasteiger partial charge is 0.326 e. The minimum atomic E-state index is 0.0358. The van der Waals surface area contributed by atoms with Gasteiger partial charge in [0.15, 0.2) is 0 Å². The van der Waals surface area contributed by atoms with Crippen molar-refractivity contribution >= 4 is 5.91 Å². The minimum Gasteiger partial charge on any atom is -0.326 e. The van der Waals surface area contributed by atoms with Crippen molar-refractivity contribution in [1.29, 1.82) is 0 Å². The van der Waals surface area contributed by atoms with E-state index >= 15 is 0 Å². The Morgan fingerprint density at radius 3 is 2.56 bits per heavy atom. The van der Waals surface area contributed by atoms with Gasteiger partial charge in [-0.2, -0.15) is 0 Å². The van der Waals surface area contributed by atoms with Crippen molar-refractivity contribution in [2.45, 2.75) is 65.5 Å². The molecule has 3 heteroatoms. The molecule has 0 aromatic carbocycles. The fourth-order valence-electron chi connectivity index (χ4n) is 2.28. The molecule has 1 saturated heterocycles. The Hall–Kier alpha value is -0.570. The zero-order valence-electron chi connectivity index (χ0n) is 11.1. The van der Waals surface area contributed by atoms with Crippen LogP contribution in [0.15, 0.2) is 0 Å². The highest BCUT2D eigenvalue weighted by Crippen LogP contribution is 2.17. The summed E-state index contributed by atoms with van der Waals surface area (Å²) >= 11 is 0. The lowest BCUT2D eigenvalue weighted by Crippen LogP contribution is -2.38. The van der Waals surface area contributed by atoms with Crippen molar-refractivity contribution in [2.24, 2.45) is 5.92 Å². The van der Waals surface area contributed by atoms with E-state index in [1.807, 2.05) is 4.90 Å². The maximum Gasteiger partial charge on any atom is 0.241 e. The first-order chi connectivity index (χ1) is 7.57. The molecule has 1 aliphatic rings. The molecule has 0 aromatic rings. The first-order valence-electron chi connectivity index (χ1n) is 6.61. The van der Waals surface area contributed by atoms with Crippen LogP contribution in [0.2, 0.25) is 0 Å². The number of carbonyl (C=O) groups is 1. The molecule has 0 spiro atoms. The number of carbonyl (C=O) groups excluding carboxylic acids is 1. The van der Waals surface area contributed by atoms with Gasteiger partial charge in [-0.3, -0.25) is 10.1 Å². The minimum absolute atomic E-state index is 0.0358. The summed E-state index contributed by atoms with van der Waals surface area (Å²) < 4.78 is 0. The number of nitrogens with one attached hydrogen (secondary N) is 1. The number of hydrogen-bond acceptors (Lipinski definition) is 2. The van der Waals surface area contributed by atoms with Gasteiger partial charge in [-0.05, 0) is 19.3 Å². The Morgan fingerprint density at radius 2 is 2.06 bits per heavy atom. The Morgan fingerprint density at radius 1 is 1.38 bits per heavy atom. The van der Waals surface area contributed by atoms with Crippen LogP contribution >= 0.6 is 0 Å². The molecule has 1 rings (SSSR count). The van der Waals surface area contributed by atoms with Gasteiger partial charge < -0.3 is 4.90 Å². The van der Waals surface area contributed by atoms with Crippen molar-refractivity contribution < 1.29 is 4.79 Å². The van der Waals surface area contributed by atoms with Crippen molar-refractivity contribution in [3.05, 3.63) is 0 Å². The van der Waals surface area contributed by atoms with E-state index in [4.69, 9.17) is 0 Å². The third-order valence-electron chi connectivity index (χ3n) is 3.45. The van der Waals surface area contributed by atoms with E-state index in [1.165, 1.54) is 19.3 Å². The van der Waals surface area contributed by atoms with E-state index in [-0.39, 0.29) is 6.04 Å². The molecule has 1 amide bonds. The van der Waals surface area contributed by atoms with E-state index < -0.39 is 0 Å². The lowest BCUT2D eigenvalue weighted by molar-refractivity contribution is -0.131. The van der Waals surface area contributed by atoms with Crippen LogP contribution in [0, 0.1) is 5.92 Å². The van der Waals surface area contributed by atoms with Crippen LogP contribution in [0.5, 0.6) is 0 Å². The predicted molar refractivity (Wildman–Crippen MR) is 67.1 cm³/mol. The molecule has 1 heterocycles. The van der Waals surface area contributed by atoms with Crippen LogP contribution in [0.3, 0.4) is 0 Å². The first kappa shape index (κ1) is 13.5. The van der Waals surface area contributed by atoms with Crippen molar-refractivity contribution in [3.8, 4) is 0 Å². The molecule has 0 radical (unpaired) electrons. The van der Waals surface area contributed by atoms with Gasteiger partial charge >= 0.3 is 0 Å². The summed E-state index contributed by atoms with van der Waals surface area (Å²) in [4.78, 5) is 14.1. The second-order valence-electron chi connectivity index (χ2n) is 5.24. The van der Waals surface area contributed by atoms with Crippen LogP contribution in [0.1, 0.15) is 53.4 Å². The molecule has 0 aliphatic carbocycles. The van der Waals surface area contributed by atoms with Gasteiger partial charge in [-0.1, -0.05) is 40.0 Å². The molecule has 0 saturated carbocycles. The Labute approximate surface area is 99.6 Å². The van der Waals surface area contributed by atoms with E-state index in [0.29, 0.717) is 17.9 Å². The lowest BCUT2D eigenvalue weighted by atomic mass is 10.0. The molecule has 1 fully saturated rings. The molecule has 2 unspecified atom stereocenters. The Balaban J connectivity index is 2.40. The number of amides is 1. The SMILES string of the molecule is CCCCCC(C)N1CNC(C(C)C)C1=O. The topological polar surface area (TPSA) is 32.3 Å². The molecular formula is C13H26N2O. The summed E-state index contributed by atoms with van der Waals surface area (Å²) in [5, 5.41) is 3.30. The molecule has 0 aromatic heterocycles. The van der Waals surface area contributed by atoms with Crippen LogP contribution in [0.25, 0.3) is 0 Å². The van der Waals surface area contributed by atoms with Crippen LogP contribution in [0.4, 0.5) is 0 Å². The molecule has 2 atom stereocenters. The summed E-state index contributed by atoms with van der Waals surface area (Å²) in [5.74, 6) is 0.680. The number of rotatable bonds is 6. The number of hydrogen-bond donors (Lipinski definition) is 1. The van der Waals surface area contributed by atoms with Gasteiger partial charge in [0.25, 0.3) is 0 Å². The van der Waals surface area contributed by atoms with Gasteiger partial charge in [0.2, 0.25) is 5.91 Å². The second-order valence-corrected chi connectivity index (χ2v) is 5.24. The summed E-state index contributed by atoms with van der Waals surface area (Å²) in [6, 6.07) is 0.420. The van der Waals surface area contributed by atoms with Crippen LogP contribution in [-0.4, -0.2) is 29.6 Å². The highest BCUT2D eigenvalue weighted by molar-refractivity contribution is 5.84. The molecule has 94 valence electrons. The van der Waals surface area contributed by atoms with E-state index in [9.17, 15) is 4.79 Å². The van der Waals surface area contributed by atoms with Crippen LogP contribution < -0.4 is 5.32 Å². The fraction of sp³-hybridized carbons (Fsp3) is 0.923. The highest BCUT2D eigenvalue weighted by Gasteiger charge is 2.35. The third kappa shape index (κ3) is 3.21. The monoisotopic (exact) mass is 226 g/mol. The zero-order valence-corrected chi connectivity index (χ0v) is 11.1. The normalized spacial score (nSPS) is 23.2. The second kappa shape index (κ2) is 6.24. The van der Waals surface area contributed by atoms with E-state index in [2.05, 4.69) is 33.0 Å². The average Bonchev–Trinajstić information content (AvgIpc) is 2.60. The quantitative estimate of drug-likeness (QED) is 0.705. The average molecular weight is 226 g/mol. The zero-order chi connectivity index (χ0) is 12.1. The predicted octanol–water partition coefficient (Wildman–Crippen LogP) is 2.37. The van der Waals surface area contributed by atoms with Gasteiger partial charge in [0.05, 0.1) is 12.7 Å². The maximum absolute atomic E-state index is 12.1. The number of nitrogens with zero attached hydrogens (tertiary/aromatic N) is 1. The summed E-state index contributed by atoms with van der Waals surface area (Å²) in [6.07, 6.45) is 4.88. The smallest absolute Gasteiger partial charge is 0.241 e. The van der Waals surface area contributed by atoms with Crippen LogP contribution in [-0.2, 0) is 4.79 Å². The van der Waals surface area contributed by atoms with Gasteiger partial charge in [0.1, 0.15) is 0 Å². The molecule has 0 bridgehead atoms. The highest BCUT2D eigenvalue weighted by atomic mass is 16.2. The Kier molecular flexibility index (Phi) is 5.26. The van der Waals surface area contributed by atoms with E-state index in [0.717, 1.165) is 13.1 Å². The van der Waals surface area contributed by atoms with Gasteiger partial charge in [-0.25, -0.2) is 0 Å². The van der Waals surface area contributed by atoms with E-state index in [1.54, 1.807) is 0 Å². The molecule has 1 N–H and O–H groups in total. The first-order valence-corrected chi connectivity index (χ1v) is 6.61. The third-order valence-corrected chi connectivity index (χ3v) is 3.45. The van der Waals surface area contributed by atoms with Crippen molar-refractivity contribution in [3.63, 3.8) is 0 Å². The molecule has 3 nitrogen and oxygen atoms in total. The number of unbranched alkanes of at least 4 members (excludes halogenated alkanes) is 2. The Bertz CT molecular complexity index is 228. The van der Waals surface area contributed by atoms with Gasteiger partial charge in [-0.15, -0.1) is 0 Å². The van der Waals surface area contributed by atoms with Crippen molar-refractivity contribution in [2.75, 3.05) is 6.67 Å². The summed E-state index contributed by atoms with van der Waals surface area (Å²) in [5.41, 5.74) is 0. The van der Waals surface area contributed by atoms with Gasteiger partial charge in [0, 0.05) is 6.04 Å². The maximum atomic E-state index is 12.1. The summed E-state index contributed by atoms with van der Waals surface area (Å²) in [6.45, 7) is 9.30. The molecule has 1 aliphatic heterocycles. The molecule has 16 heavy (non-hydrogen) atoms.